The van der Waals surface area contributed by atoms with E-state index in [0.29, 0.717) is 6.54 Å². The lowest BCUT2D eigenvalue weighted by molar-refractivity contribution is -0.133. The summed E-state index contributed by atoms with van der Waals surface area (Å²) in [5.74, 6) is 0.209. The van der Waals surface area contributed by atoms with Gasteiger partial charge in [0.1, 0.15) is 0 Å². The molecule has 2 aromatic rings. The van der Waals surface area contributed by atoms with Crippen molar-refractivity contribution in [2.24, 2.45) is 7.05 Å². The second-order valence-electron chi connectivity index (χ2n) is 7.32. The number of fused-ring (bicyclic) bond motifs is 2. The molecule has 0 fully saturated rings. The Hall–Kier alpha value is -2.14. The molecular weight excluding hydrogens is 312 g/mol. The van der Waals surface area contributed by atoms with E-state index in [0.717, 1.165) is 44.5 Å². The van der Waals surface area contributed by atoms with Crippen molar-refractivity contribution in [3.63, 3.8) is 0 Å². The molecule has 0 spiro atoms. The van der Waals surface area contributed by atoms with Crippen LogP contribution < -0.4 is 0 Å². The third-order valence-electron chi connectivity index (χ3n) is 5.74. The number of nitrogens with zero attached hydrogens (tertiary/aromatic N) is 4. The van der Waals surface area contributed by atoms with E-state index in [2.05, 4.69) is 38.7 Å². The zero-order valence-corrected chi connectivity index (χ0v) is 15.1. The molecule has 1 unspecified atom stereocenters. The van der Waals surface area contributed by atoms with Crippen molar-refractivity contribution in [3.05, 3.63) is 53.1 Å². The van der Waals surface area contributed by atoms with E-state index in [1.165, 1.54) is 16.8 Å². The van der Waals surface area contributed by atoms with Crippen LogP contribution in [0, 0.1) is 0 Å². The number of benzene rings is 1. The quantitative estimate of drug-likeness (QED) is 0.862. The highest BCUT2D eigenvalue weighted by molar-refractivity contribution is 5.78. The molecular formula is C20H26N4O. The summed E-state index contributed by atoms with van der Waals surface area (Å²) < 4.78 is 2.10. The molecule has 1 aliphatic carbocycles. The van der Waals surface area contributed by atoms with Gasteiger partial charge in [0.15, 0.2) is 0 Å². The minimum absolute atomic E-state index is 0.209. The smallest absolute Gasteiger partial charge is 0.237 e. The number of carbonyl (C=O) groups is 1. The number of hydrogen-bond donors (Lipinski definition) is 0. The Morgan fingerprint density at radius 3 is 3.04 bits per heavy atom. The third kappa shape index (κ3) is 3.09. The molecule has 4 rings (SSSR count). The Kier molecular flexibility index (Phi) is 4.34. The Bertz CT molecular complexity index is 782. The van der Waals surface area contributed by atoms with Crippen molar-refractivity contribution in [3.8, 4) is 0 Å². The van der Waals surface area contributed by atoms with Crippen LogP contribution in [0.4, 0.5) is 0 Å². The number of imidazole rings is 1. The fourth-order valence-corrected chi connectivity index (χ4v) is 4.25. The molecule has 0 N–H and O–H groups in total. The number of amides is 1. The summed E-state index contributed by atoms with van der Waals surface area (Å²) in [6.45, 7) is 2.18. The molecule has 0 saturated carbocycles. The summed E-state index contributed by atoms with van der Waals surface area (Å²) in [4.78, 5) is 21.6. The molecule has 1 atom stereocenters. The van der Waals surface area contributed by atoms with Gasteiger partial charge in [0.25, 0.3) is 0 Å². The van der Waals surface area contributed by atoms with Crippen molar-refractivity contribution < 1.29 is 4.79 Å². The lowest BCUT2D eigenvalue weighted by atomic mass is 9.87. The molecule has 25 heavy (non-hydrogen) atoms. The van der Waals surface area contributed by atoms with Gasteiger partial charge in [-0.2, -0.15) is 0 Å². The van der Waals surface area contributed by atoms with E-state index < -0.39 is 0 Å². The van der Waals surface area contributed by atoms with Gasteiger partial charge in [-0.05, 0) is 30.4 Å². The second-order valence-corrected chi connectivity index (χ2v) is 7.32. The summed E-state index contributed by atoms with van der Waals surface area (Å²) in [5, 5.41) is 0. The van der Waals surface area contributed by atoms with Crippen molar-refractivity contribution in [1.82, 2.24) is 19.4 Å². The monoisotopic (exact) mass is 338 g/mol. The van der Waals surface area contributed by atoms with Gasteiger partial charge in [-0.1, -0.05) is 24.3 Å². The first-order valence-electron chi connectivity index (χ1n) is 9.18. The Balaban J connectivity index is 1.44. The van der Waals surface area contributed by atoms with Crippen LogP contribution in [0.15, 0.2) is 30.6 Å². The highest BCUT2D eigenvalue weighted by atomic mass is 16.2. The summed E-state index contributed by atoms with van der Waals surface area (Å²) in [6, 6.07) is 8.79. The molecule has 0 bridgehead atoms. The van der Waals surface area contributed by atoms with E-state index in [-0.39, 0.29) is 11.9 Å². The van der Waals surface area contributed by atoms with Gasteiger partial charge in [0, 0.05) is 39.3 Å². The van der Waals surface area contributed by atoms with Gasteiger partial charge >= 0.3 is 0 Å². The fraction of sp³-hybridized carbons (Fsp3) is 0.500. The number of carbonyl (C=O) groups excluding carboxylic acids is 1. The number of likely N-dealkylation sites (N-methyl/N-ethyl adjacent to an activating group) is 1. The number of hydrogen-bond acceptors (Lipinski definition) is 3. The lowest BCUT2D eigenvalue weighted by Gasteiger charge is -2.35. The molecule has 5 heteroatoms. The molecule has 0 radical (unpaired) electrons. The Labute approximate surface area is 149 Å². The zero-order chi connectivity index (χ0) is 17.4. The highest BCUT2D eigenvalue weighted by Gasteiger charge is 2.28. The lowest BCUT2D eigenvalue weighted by Crippen LogP contribution is -2.42. The largest absolute Gasteiger partial charge is 0.338 e. The molecule has 1 amide bonds. The maximum Gasteiger partial charge on any atom is 0.237 e. The molecule has 2 heterocycles. The molecule has 1 aromatic heterocycles. The fourth-order valence-electron chi connectivity index (χ4n) is 4.25. The average Bonchev–Trinajstić information content (AvgIpc) is 3.01. The topological polar surface area (TPSA) is 41.4 Å². The van der Waals surface area contributed by atoms with Crippen molar-refractivity contribution in [1.29, 1.82) is 0 Å². The van der Waals surface area contributed by atoms with E-state index in [1.54, 1.807) is 0 Å². The second kappa shape index (κ2) is 6.64. The maximum absolute atomic E-state index is 12.9. The van der Waals surface area contributed by atoms with E-state index >= 15 is 0 Å². The minimum atomic E-state index is 0.209. The van der Waals surface area contributed by atoms with Gasteiger partial charge < -0.3 is 9.47 Å². The predicted molar refractivity (Wildman–Crippen MR) is 97.1 cm³/mol. The first-order chi connectivity index (χ1) is 12.1. The number of rotatable bonds is 3. The van der Waals surface area contributed by atoms with E-state index in [9.17, 15) is 4.79 Å². The van der Waals surface area contributed by atoms with Gasteiger partial charge in [-0.3, -0.25) is 9.69 Å². The van der Waals surface area contributed by atoms with Crippen molar-refractivity contribution in [2.45, 2.75) is 38.3 Å². The van der Waals surface area contributed by atoms with Crippen LogP contribution in [-0.2, 0) is 31.2 Å². The van der Waals surface area contributed by atoms with Crippen LogP contribution in [0.3, 0.4) is 0 Å². The van der Waals surface area contributed by atoms with Gasteiger partial charge in [0.2, 0.25) is 5.91 Å². The Morgan fingerprint density at radius 1 is 1.32 bits per heavy atom. The zero-order valence-electron chi connectivity index (χ0n) is 15.1. The highest BCUT2D eigenvalue weighted by Crippen LogP contribution is 2.33. The van der Waals surface area contributed by atoms with Crippen LogP contribution in [0.1, 0.15) is 41.4 Å². The maximum atomic E-state index is 12.9. The van der Waals surface area contributed by atoms with Crippen LogP contribution in [-0.4, -0.2) is 45.4 Å². The number of aryl methyl sites for hydroxylation is 2. The van der Waals surface area contributed by atoms with E-state index in [4.69, 9.17) is 0 Å². The van der Waals surface area contributed by atoms with Crippen molar-refractivity contribution in [2.75, 3.05) is 20.1 Å². The normalized spacial score (nSPS) is 20.0. The van der Waals surface area contributed by atoms with Crippen LogP contribution in [0.2, 0.25) is 0 Å². The van der Waals surface area contributed by atoms with Gasteiger partial charge in [0.05, 0.1) is 24.6 Å². The van der Waals surface area contributed by atoms with Gasteiger partial charge in [-0.25, -0.2) is 4.98 Å². The van der Waals surface area contributed by atoms with Gasteiger partial charge in [-0.15, -0.1) is 0 Å². The average molecular weight is 338 g/mol. The summed E-state index contributed by atoms with van der Waals surface area (Å²) in [6.07, 6.45) is 6.18. The molecule has 5 nitrogen and oxygen atoms in total. The molecule has 1 aliphatic heterocycles. The standard InChI is InChI=1S/C20H26N4O/c1-22-14-21-17-12-24(11-10-19(17)22)13-20(25)23(2)18-9-5-7-15-6-3-4-8-16(15)18/h3-4,6,8,14,18H,5,7,9-13H2,1-2H3. The van der Waals surface area contributed by atoms with Crippen LogP contribution in [0.25, 0.3) is 0 Å². The van der Waals surface area contributed by atoms with E-state index in [1.807, 2.05) is 25.3 Å². The van der Waals surface area contributed by atoms with Crippen molar-refractivity contribution >= 4 is 5.91 Å². The van der Waals surface area contributed by atoms with Crippen LogP contribution in [0.5, 0.6) is 0 Å². The summed E-state index contributed by atoms with van der Waals surface area (Å²) in [7, 11) is 4.01. The SMILES string of the molecule is CN(C(=O)CN1CCc2c(ncn2C)C1)C1CCCc2ccccc21. The summed E-state index contributed by atoms with van der Waals surface area (Å²) >= 11 is 0. The number of aromatic nitrogens is 2. The first-order valence-corrected chi connectivity index (χ1v) is 9.18. The van der Waals surface area contributed by atoms with Crippen LogP contribution >= 0.6 is 0 Å². The molecule has 132 valence electrons. The molecule has 1 aromatic carbocycles. The Morgan fingerprint density at radius 2 is 2.16 bits per heavy atom. The first kappa shape index (κ1) is 16.3. The molecule has 0 saturated heterocycles. The summed E-state index contributed by atoms with van der Waals surface area (Å²) in [5.41, 5.74) is 5.15. The third-order valence-corrected chi connectivity index (χ3v) is 5.74. The predicted octanol–water partition coefficient (Wildman–Crippen LogP) is 2.31. The minimum Gasteiger partial charge on any atom is -0.338 e. The molecule has 2 aliphatic rings.